The number of para-hydroxylation sites is 1. The van der Waals surface area contributed by atoms with Crippen LogP contribution in [-0.4, -0.2) is 4.57 Å². The number of fused-ring (bicyclic) bond motifs is 13. The van der Waals surface area contributed by atoms with Crippen LogP contribution in [-0.2, 0) is 5.41 Å². The Morgan fingerprint density at radius 1 is 0.410 bits per heavy atom. The van der Waals surface area contributed by atoms with E-state index in [0.29, 0.717) is 0 Å². The average molecular weight is 815 g/mol. The molecule has 3 aromatic heterocycles. The van der Waals surface area contributed by atoms with Crippen molar-refractivity contribution in [2.24, 2.45) is 0 Å². The summed E-state index contributed by atoms with van der Waals surface area (Å²) in [5, 5.41) is 7.86. The molecule has 0 saturated heterocycles. The van der Waals surface area contributed by atoms with E-state index in [1.165, 1.54) is 101 Å². The molecule has 61 heavy (non-hydrogen) atoms. The Hall–Kier alpha value is -6.98. The van der Waals surface area contributed by atoms with Crippen molar-refractivity contribution < 1.29 is 0 Å². The molecule has 2 nitrogen and oxygen atoms in total. The standard InChI is InChI=1S/C57H38N2S2/c1-57(2)48-17-9-6-14-41(48)42-28-25-40(34-49(42)57)58(39-26-31-54-47(33-39)44-16-8-10-18-52(44)60-54)38-23-20-35(21-24-38)36-22-27-46-51(32-36)59(37-12-4-3-5-13-37)50-30-29-45-43-15-7-11-19-53(43)61-56(45)55(46)50/h3-34H,1-2H3. The summed E-state index contributed by atoms with van der Waals surface area (Å²) in [4.78, 5) is 2.45. The predicted molar refractivity (Wildman–Crippen MR) is 264 cm³/mol. The van der Waals surface area contributed by atoms with Gasteiger partial charge < -0.3 is 9.47 Å². The van der Waals surface area contributed by atoms with Crippen molar-refractivity contribution in [3.63, 3.8) is 0 Å². The summed E-state index contributed by atoms with van der Waals surface area (Å²) < 4.78 is 7.75. The Kier molecular flexibility index (Phi) is 7.43. The highest BCUT2D eigenvalue weighted by atomic mass is 32.1. The molecule has 0 N–H and O–H groups in total. The van der Waals surface area contributed by atoms with E-state index in [0.717, 1.165) is 17.1 Å². The van der Waals surface area contributed by atoms with E-state index in [-0.39, 0.29) is 5.41 Å². The van der Waals surface area contributed by atoms with Gasteiger partial charge in [-0.05, 0) is 112 Å². The van der Waals surface area contributed by atoms with Crippen molar-refractivity contribution in [3.8, 4) is 27.9 Å². The van der Waals surface area contributed by atoms with Gasteiger partial charge in [0.05, 0.1) is 11.0 Å². The lowest BCUT2D eigenvalue weighted by molar-refractivity contribution is 0.660. The highest BCUT2D eigenvalue weighted by Crippen LogP contribution is 2.51. The van der Waals surface area contributed by atoms with E-state index < -0.39 is 0 Å². The summed E-state index contributed by atoms with van der Waals surface area (Å²) in [5.74, 6) is 0. The molecule has 0 aliphatic heterocycles. The van der Waals surface area contributed by atoms with Crippen molar-refractivity contribution in [1.82, 2.24) is 4.57 Å². The highest BCUT2D eigenvalue weighted by Gasteiger charge is 2.35. The van der Waals surface area contributed by atoms with Crippen LogP contribution in [0.5, 0.6) is 0 Å². The Labute approximate surface area is 361 Å². The van der Waals surface area contributed by atoms with Gasteiger partial charge in [0, 0.05) is 79.3 Å². The van der Waals surface area contributed by atoms with Crippen LogP contribution in [0.25, 0.3) is 90.1 Å². The van der Waals surface area contributed by atoms with E-state index in [1.807, 2.05) is 22.7 Å². The highest BCUT2D eigenvalue weighted by molar-refractivity contribution is 7.27. The second kappa shape index (κ2) is 13.0. The smallest absolute Gasteiger partial charge is 0.0555 e. The molecule has 0 unspecified atom stereocenters. The van der Waals surface area contributed by atoms with Crippen molar-refractivity contribution >= 4 is 102 Å². The third-order valence-corrected chi connectivity index (χ3v) is 15.5. The maximum absolute atomic E-state index is 2.45. The predicted octanol–water partition coefficient (Wildman–Crippen LogP) is 17.0. The normalized spacial score (nSPS) is 13.2. The van der Waals surface area contributed by atoms with Gasteiger partial charge >= 0.3 is 0 Å². The molecular weight excluding hydrogens is 777 g/mol. The molecule has 4 heteroatoms. The first-order valence-corrected chi connectivity index (χ1v) is 22.6. The first kappa shape index (κ1) is 34.8. The summed E-state index contributed by atoms with van der Waals surface area (Å²) in [5.41, 5.74) is 14.8. The van der Waals surface area contributed by atoms with Crippen LogP contribution in [0.1, 0.15) is 25.0 Å². The lowest BCUT2D eigenvalue weighted by Crippen LogP contribution is -2.16. The molecular formula is C57H38N2S2. The van der Waals surface area contributed by atoms with Crippen LogP contribution in [0.15, 0.2) is 194 Å². The third kappa shape index (κ3) is 5.13. The maximum atomic E-state index is 2.45. The van der Waals surface area contributed by atoms with E-state index >= 15 is 0 Å². The Bertz CT molecular complexity index is 3730. The Morgan fingerprint density at radius 3 is 1.87 bits per heavy atom. The van der Waals surface area contributed by atoms with Gasteiger partial charge in [0.1, 0.15) is 0 Å². The minimum atomic E-state index is -0.103. The van der Waals surface area contributed by atoms with Crippen LogP contribution in [0.3, 0.4) is 0 Å². The first-order chi connectivity index (χ1) is 30.0. The number of aromatic nitrogens is 1. The Balaban J connectivity index is 0.970. The fourth-order valence-electron chi connectivity index (χ4n) is 10.3. The van der Waals surface area contributed by atoms with Gasteiger partial charge in [0.25, 0.3) is 0 Å². The molecule has 0 saturated carbocycles. The quantitative estimate of drug-likeness (QED) is 0.168. The van der Waals surface area contributed by atoms with Crippen LogP contribution in [0, 0.1) is 0 Å². The summed E-state index contributed by atoms with van der Waals surface area (Å²) in [6.07, 6.45) is 0. The molecule has 288 valence electrons. The van der Waals surface area contributed by atoms with Gasteiger partial charge in [0.15, 0.2) is 0 Å². The zero-order valence-corrected chi connectivity index (χ0v) is 35.3. The largest absolute Gasteiger partial charge is 0.310 e. The zero-order valence-electron chi connectivity index (χ0n) is 33.7. The van der Waals surface area contributed by atoms with Crippen molar-refractivity contribution in [1.29, 1.82) is 0 Å². The minimum absolute atomic E-state index is 0.103. The second-order valence-corrected chi connectivity index (χ2v) is 19.0. The van der Waals surface area contributed by atoms with Crippen molar-refractivity contribution in [2.75, 3.05) is 4.90 Å². The molecule has 0 amide bonds. The molecule has 0 spiro atoms. The maximum Gasteiger partial charge on any atom is 0.0555 e. The monoisotopic (exact) mass is 814 g/mol. The fraction of sp³-hybridized carbons (Fsp3) is 0.0526. The van der Waals surface area contributed by atoms with Crippen LogP contribution in [0.4, 0.5) is 17.1 Å². The summed E-state index contributed by atoms with van der Waals surface area (Å²) >= 11 is 3.77. The van der Waals surface area contributed by atoms with Crippen molar-refractivity contribution in [2.45, 2.75) is 19.3 Å². The molecule has 13 rings (SSSR count). The number of rotatable bonds is 5. The second-order valence-electron chi connectivity index (χ2n) is 16.9. The lowest BCUT2D eigenvalue weighted by Gasteiger charge is -2.28. The number of benzene rings is 9. The van der Waals surface area contributed by atoms with E-state index in [1.54, 1.807) is 0 Å². The van der Waals surface area contributed by atoms with Gasteiger partial charge in [-0.1, -0.05) is 129 Å². The van der Waals surface area contributed by atoms with Gasteiger partial charge in [-0.25, -0.2) is 0 Å². The number of nitrogens with zero attached hydrogens (tertiary/aromatic N) is 2. The van der Waals surface area contributed by atoms with Crippen LogP contribution in [0.2, 0.25) is 0 Å². The van der Waals surface area contributed by atoms with Crippen LogP contribution < -0.4 is 4.90 Å². The molecule has 0 bridgehead atoms. The molecule has 3 heterocycles. The summed E-state index contributed by atoms with van der Waals surface area (Å²) in [7, 11) is 0. The van der Waals surface area contributed by atoms with Gasteiger partial charge in [0.2, 0.25) is 0 Å². The van der Waals surface area contributed by atoms with Gasteiger partial charge in [-0.3, -0.25) is 0 Å². The topological polar surface area (TPSA) is 8.17 Å². The van der Waals surface area contributed by atoms with E-state index in [2.05, 4.69) is 217 Å². The lowest BCUT2D eigenvalue weighted by atomic mass is 9.82. The van der Waals surface area contributed by atoms with Crippen molar-refractivity contribution in [3.05, 3.63) is 205 Å². The third-order valence-electron chi connectivity index (χ3n) is 13.2. The van der Waals surface area contributed by atoms with Gasteiger partial charge in [-0.15, -0.1) is 22.7 Å². The fourth-order valence-corrected chi connectivity index (χ4v) is 12.6. The Morgan fingerprint density at radius 2 is 1.03 bits per heavy atom. The first-order valence-electron chi connectivity index (χ1n) is 21.0. The van der Waals surface area contributed by atoms with Crippen LogP contribution >= 0.6 is 22.7 Å². The summed E-state index contributed by atoms with van der Waals surface area (Å²) in [6.45, 7) is 4.73. The average Bonchev–Trinajstić information content (AvgIpc) is 4.03. The molecule has 0 fully saturated rings. The molecule has 1 aliphatic carbocycles. The van der Waals surface area contributed by atoms with E-state index in [4.69, 9.17) is 0 Å². The molecule has 12 aromatic rings. The zero-order chi connectivity index (χ0) is 40.4. The number of hydrogen-bond donors (Lipinski definition) is 0. The minimum Gasteiger partial charge on any atom is -0.310 e. The van der Waals surface area contributed by atoms with Gasteiger partial charge in [-0.2, -0.15) is 0 Å². The SMILES string of the molecule is CC1(C)c2ccccc2-c2ccc(N(c3ccc(-c4ccc5c6c7sc8ccccc8c7ccc6n(-c6ccccc6)c5c4)cc3)c3ccc4sc5ccccc5c4c3)cc21. The number of thiophene rings is 2. The van der Waals surface area contributed by atoms with E-state index in [9.17, 15) is 0 Å². The number of anilines is 3. The molecule has 9 aromatic carbocycles. The molecule has 0 atom stereocenters. The molecule has 1 aliphatic rings. The number of hydrogen-bond acceptors (Lipinski definition) is 3. The summed E-state index contributed by atoms with van der Waals surface area (Å²) in [6, 6.07) is 72.3. The molecule has 0 radical (unpaired) electrons.